The Morgan fingerprint density at radius 1 is 1.62 bits per heavy atom. The van der Waals surface area contributed by atoms with Gasteiger partial charge in [-0.2, -0.15) is 0 Å². The molecule has 0 bridgehead atoms. The summed E-state index contributed by atoms with van der Waals surface area (Å²) in [6, 6.07) is 3.75. The van der Waals surface area contributed by atoms with Gasteiger partial charge in [-0.15, -0.1) is 0 Å². The van der Waals surface area contributed by atoms with Gasteiger partial charge in [0.25, 0.3) is 0 Å². The van der Waals surface area contributed by atoms with Crippen LogP contribution in [0.1, 0.15) is 25.1 Å². The summed E-state index contributed by atoms with van der Waals surface area (Å²) in [7, 11) is 1.70. The average molecular weight is 183 g/mol. The molecule has 0 aliphatic heterocycles. The Labute approximate surface area is 78.9 Å². The predicted molar refractivity (Wildman–Crippen MR) is 51.3 cm³/mol. The molecule has 74 valence electrons. The molecule has 0 amide bonds. The number of hydrogen-bond acceptors (Lipinski definition) is 3. The normalized spacial score (nSPS) is 15.6. The average Bonchev–Trinajstić information content (AvgIpc) is 2.65. The Morgan fingerprint density at radius 3 is 2.92 bits per heavy atom. The summed E-state index contributed by atoms with van der Waals surface area (Å²) in [5.74, 6) is 1.23. The zero-order chi connectivity index (χ0) is 9.68. The van der Waals surface area contributed by atoms with E-state index in [2.05, 4.69) is 6.92 Å². The van der Waals surface area contributed by atoms with Gasteiger partial charge in [-0.05, 0) is 24.5 Å². The second kappa shape index (κ2) is 5.04. The van der Waals surface area contributed by atoms with E-state index >= 15 is 0 Å². The van der Waals surface area contributed by atoms with Crippen molar-refractivity contribution in [2.24, 2.45) is 11.7 Å². The zero-order valence-electron chi connectivity index (χ0n) is 8.19. The quantitative estimate of drug-likeness (QED) is 0.759. The molecular weight excluding hydrogens is 166 g/mol. The zero-order valence-corrected chi connectivity index (χ0v) is 8.19. The molecule has 1 rings (SSSR count). The summed E-state index contributed by atoms with van der Waals surface area (Å²) in [6.07, 6.45) is 2.61. The van der Waals surface area contributed by atoms with Gasteiger partial charge >= 0.3 is 0 Å². The smallest absolute Gasteiger partial charge is 0.120 e. The van der Waals surface area contributed by atoms with E-state index in [1.54, 1.807) is 13.4 Å². The van der Waals surface area contributed by atoms with Gasteiger partial charge in [0.1, 0.15) is 5.76 Å². The van der Waals surface area contributed by atoms with E-state index in [9.17, 15) is 0 Å². The van der Waals surface area contributed by atoms with Crippen molar-refractivity contribution in [3.05, 3.63) is 24.2 Å². The number of nitrogens with two attached hydrogens (primary N) is 1. The number of methoxy groups -OCH3 is 1. The lowest BCUT2D eigenvalue weighted by atomic mass is 9.97. The summed E-state index contributed by atoms with van der Waals surface area (Å²) < 4.78 is 10.2. The molecule has 13 heavy (non-hydrogen) atoms. The van der Waals surface area contributed by atoms with E-state index in [0.29, 0.717) is 5.92 Å². The molecule has 3 heteroatoms. The van der Waals surface area contributed by atoms with E-state index in [1.165, 1.54) is 0 Å². The summed E-state index contributed by atoms with van der Waals surface area (Å²) in [6.45, 7) is 2.85. The maximum absolute atomic E-state index is 5.97. The van der Waals surface area contributed by atoms with Crippen LogP contribution in [0.2, 0.25) is 0 Å². The molecule has 2 N–H and O–H groups in total. The van der Waals surface area contributed by atoms with Crippen LogP contribution in [0.5, 0.6) is 0 Å². The molecule has 0 aliphatic rings. The van der Waals surface area contributed by atoms with Crippen LogP contribution in [-0.2, 0) is 4.74 Å². The lowest BCUT2D eigenvalue weighted by Crippen LogP contribution is -2.19. The summed E-state index contributed by atoms with van der Waals surface area (Å²) in [5.41, 5.74) is 5.97. The van der Waals surface area contributed by atoms with Crippen LogP contribution >= 0.6 is 0 Å². The van der Waals surface area contributed by atoms with Crippen molar-refractivity contribution in [1.29, 1.82) is 0 Å². The first kappa shape index (κ1) is 10.3. The van der Waals surface area contributed by atoms with Crippen molar-refractivity contribution in [3.63, 3.8) is 0 Å². The van der Waals surface area contributed by atoms with Crippen LogP contribution in [0.15, 0.2) is 22.8 Å². The summed E-state index contributed by atoms with van der Waals surface area (Å²) >= 11 is 0. The highest BCUT2D eigenvalue weighted by molar-refractivity contribution is 5.04. The molecule has 0 fully saturated rings. The monoisotopic (exact) mass is 183 g/mol. The Morgan fingerprint density at radius 2 is 2.38 bits per heavy atom. The van der Waals surface area contributed by atoms with Crippen molar-refractivity contribution < 1.29 is 9.15 Å². The number of hydrogen-bond donors (Lipinski definition) is 1. The van der Waals surface area contributed by atoms with Gasteiger partial charge < -0.3 is 14.9 Å². The molecule has 0 spiro atoms. The van der Waals surface area contributed by atoms with Gasteiger partial charge in [-0.25, -0.2) is 0 Å². The molecule has 1 heterocycles. The highest BCUT2D eigenvalue weighted by Gasteiger charge is 2.16. The highest BCUT2D eigenvalue weighted by Crippen LogP contribution is 2.21. The first-order chi connectivity index (χ1) is 6.25. The Kier molecular flexibility index (Phi) is 3.99. The number of furan rings is 1. The summed E-state index contributed by atoms with van der Waals surface area (Å²) in [5, 5.41) is 0. The molecule has 0 saturated carbocycles. The van der Waals surface area contributed by atoms with Gasteiger partial charge in [0.2, 0.25) is 0 Å². The lowest BCUT2D eigenvalue weighted by Gasteiger charge is -2.16. The minimum Gasteiger partial charge on any atom is -0.468 e. The Hall–Kier alpha value is -0.800. The fraction of sp³-hybridized carbons (Fsp3) is 0.600. The van der Waals surface area contributed by atoms with Crippen molar-refractivity contribution in [2.75, 3.05) is 13.7 Å². The number of rotatable bonds is 5. The molecule has 2 atom stereocenters. The molecule has 0 saturated heterocycles. The maximum atomic E-state index is 5.97. The standard InChI is InChI=1S/C10H17NO2/c1-8(5-7-12-2)10(11)9-4-3-6-13-9/h3-4,6,8,10H,5,7,11H2,1-2H3. The second-order valence-electron chi connectivity index (χ2n) is 3.30. The van der Waals surface area contributed by atoms with E-state index < -0.39 is 0 Å². The first-order valence-electron chi connectivity index (χ1n) is 4.53. The summed E-state index contributed by atoms with van der Waals surface area (Å²) in [4.78, 5) is 0. The minimum absolute atomic E-state index is 0.0230. The van der Waals surface area contributed by atoms with Gasteiger partial charge in [-0.1, -0.05) is 6.92 Å². The third kappa shape index (κ3) is 2.86. The number of ether oxygens (including phenoxy) is 1. The highest BCUT2D eigenvalue weighted by atomic mass is 16.5. The van der Waals surface area contributed by atoms with Crippen molar-refractivity contribution in [2.45, 2.75) is 19.4 Å². The Balaban J connectivity index is 2.43. The first-order valence-corrected chi connectivity index (χ1v) is 4.53. The topological polar surface area (TPSA) is 48.4 Å². The fourth-order valence-electron chi connectivity index (χ4n) is 1.24. The SMILES string of the molecule is COCCC(C)C(N)c1ccco1. The molecule has 1 aromatic heterocycles. The van der Waals surface area contributed by atoms with Crippen LogP contribution in [0, 0.1) is 5.92 Å². The maximum Gasteiger partial charge on any atom is 0.120 e. The fourth-order valence-corrected chi connectivity index (χ4v) is 1.24. The van der Waals surface area contributed by atoms with Crippen molar-refractivity contribution in [3.8, 4) is 0 Å². The van der Waals surface area contributed by atoms with Gasteiger partial charge in [-0.3, -0.25) is 0 Å². The Bertz CT molecular complexity index is 221. The van der Waals surface area contributed by atoms with Crippen LogP contribution in [-0.4, -0.2) is 13.7 Å². The van der Waals surface area contributed by atoms with Crippen LogP contribution in [0.4, 0.5) is 0 Å². The lowest BCUT2D eigenvalue weighted by molar-refractivity contribution is 0.172. The van der Waals surface area contributed by atoms with Gasteiger partial charge in [0.05, 0.1) is 12.3 Å². The minimum atomic E-state index is -0.0230. The van der Waals surface area contributed by atoms with Gasteiger partial charge in [0, 0.05) is 13.7 Å². The second-order valence-corrected chi connectivity index (χ2v) is 3.30. The largest absolute Gasteiger partial charge is 0.468 e. The van der Waals surface area contributed by atoms with E-state index in [4.69, 9.17) is 14.9 Å². The van der Waals surface area contributed by atoms with E-state index in [1.807, 2.05) is 12.1 Å². The van der Waals surface area contributed by atoms with Crippen LogP contribution < -0.4 is 5.73 Å². The molecule has 0 aliphatic carbocycles. The third-order valence-corrected chi connectivity index (χ3v) is 2.26. The van der Waals surface area contributed by atoms with Crippen molar-refractivity contribution in [1.82, 2.24) is 0 Å². The van der Waals surface area contributed by atoms with E-state index in [-0.39, 0.29) is 6.04 Å². The molecule has 2 unspecified atom stereocenters. The molecule has 3 nitrogen and oxygen atoms in total. The van der Waals surface area contributed by atoms with Crippen LogP contribution in [0.25, 0.3) is 0 Å². The molecule has 1 aromatic rings. The molecule has 0 aromatic carbocycles. The van der Waals surface area contributed by atoms with Crippen molar-refractivity contribution >= 4 is 0 Å². The molecular formula is C10H17NO2. The molecule has 0 radical (unpaired) electrons. The van der Waals surface area contributed by atoms with E-state index in [0.717, 1.165) is 18.8 Å². The third-order valence-electron chi connectivity index (χ3n) is 2.26. The van der Waals surface area contributed by atoms with Crippen LogP contribution in [0.3, 0.4) is 0 Å². The van der Waals surface area contributed by atoms with Gasteiger partial charge in [0.15, 0.2) is 0 Å². The predicted octanol–water partition coefficient (Wildman–Crippen LogP) is 1.95.